The number of nitrogens with one attached hydrogen (secondary N) is 1. The zero-order valence-corrected chi connectivity index (χ0v) is 10.6. The lowest BCUT2D eigenvalue weighted by Gasteiger charge is -2.04. The maximum Gasteiger partial charge on any atom is 0.242 e. The fraction of sp³-hybridized carbons (Fsp3) is 0.385. The molecule has 0 unspecified atom stereocenters. The van der Waals surface area contributed by atoms with Crippen LogP contribution in [-0.4, -0.2) is 29.9 Å². The Labute approximate surface area is 106 Å². The number of hydrazone groups is 1. The average molecular weight is 250 g/mol. The second-order valence-electron chi connectivity index (χ2n) is 3.70. The number of carbonyl (C=O) groups is 1. The van der Waals surface area contributed by atoms with E-state index in [4.69, 9.17) is 4.74 Å². The molecule has 5 heteroatoms. The molecule has 0 aliphatic carbocycles. The Kier molecular flexibility index (Phi) is 5.87. The number of phenolic OH excluding ortho intramolecular Hbond substituents is 1. The van der Waals surface area contributed by atoms with E-state index in [0.29, 0.717) is 24.5 Å². The number of phenols is 1. The maximum atomic E-state index is 11.4. The summed E-state index contributed by atoms with van der Waals surface area (Å²) >= 11 is 0. The van der Waals surface area contributed by atoms with Gasteiger partial charge in [0.2, 0.25) is 5.91 Å². The second kappa shape index (κ2) is 7.45. The van der Waals surface area contributed by atoms with Gasteiger partial charge in [0.25, 0.3) is 0 Å². The van der Waals surface area contributed by atoms with Crippen molar-refractivity contribution in [1.29, 1.82) is 0 Å². The van der Waals surface area contributed by atoms with E-state index in [0.717, 1.165) is 0 Å². The number of para-hydroxylation sites is 1. The molecule has 2 N–H and O–H groups in total. The van der Waals surface area contributed by atoms with E-state index in [1.807, 2.05) is 6.92 Å². The van der Waals surface area contributed by atoms with Gasteiger partial charge >= 0.3 is 0 Å². The number of amides is 1. The molecule has 0 aliphatic rings. The summed E-state index contributed by atoms with van der Waals surface area (Å²) in [6.07, 6.45) is 0.269. The van der Waals surface area contributed by atoms with Crippen LogP contribution in [0.4, 0.5) is 0 Å². The number of hydrogen-bond acceptors (Lipinski definition) is 4. The van der Waals surface area contributed by atoms with Gasteiger partial charge in [-0.2, -0.15) is 5.10 Å². The number of nitrogens with zero attached hydrogens (tertiary/aromatic N) is 1. The lowest BCUT2D eigenvalue weighted by atomic mass is 10.1. The molecular formula is C13H18N2O3. The zero-order valence-electron chi connectivity index (χ0n) is 10.6. The van der Waals surface area contributed by atoms with E-state index in [-0.39, 0.29) is 18.1 Å². The predicted octanol–water partition coefficient (Wildman–Crippen LogP) is 1.66. The number of aromatic hydroxyl groups is 1. The van der Waals surface area contributed by atoms with Gasteiger partial charge < -0.3 is 9.84 Å². The quantitative estimate of drug-likeness (QED) is 0.458. The van der Waals surface area contributed by atoms with Gasteiger partial charge in [-0.3, -0.25) is 4.79 Å². The van der Waals surface area contributed by atoms with Crippen molar-refractivity contribution < 1.29 is 14.6 Å². The standard InChI is InChI=1S/C13H18N2O3/c1-3-18-9-8-13(17)15-14-10(2)11-6-4-5-7-12(11)16/h4-7,16H,3,8-9H2,1-2H3,(H,15,17)/b14-10+. The highest BCUT2D eigenvalue weighted by Gasteiger charge is 2.04. The number of hydrogen-bond donors (Lipinski definition) is 2. The molecule has 98 valence electrons. The third kappa shape index (κ3) is 4.55. The van der Waals surface area contributed by atoms with Crippen LogP contribution in [0.1, 0.15) is 25.8 Å². The van der Waals surface area contributed by atoms with Crippen LogP contribution >= 0.6 is 0 Å². The van der Waals surface area contributed by atoms with Crippen LogP contribution in [0.2, 0.25) is 0 Å². The van der Waals surface area contributed by atoms with E-state index >= 15 is 0 Å². The Morgan fingerprint density at radius 2 is 2.17 bits per heavy atom. The number of rotatable bonds is 6. The van der Waals surface area contributed by atoms with Crippen LogP contribution in [0.5, 0.6) is 5.75 Å². The highest BCUT2D eigenvalue weighted by atomic mass is 16.5. The van der Waals surface area contributed by atoms with Crippen molar-refractivity contribution in [2.45, 2.75) is 20.3 Å². The van der Waals surface area contributed by atoms with Crippen molar-refractivity contribution in [1.82, 2.24) is 5.43 Å². The van der Waals surface area contributed by atoms with E-state index < -0.39 is 0 Å². The first-order valence-corrected chi connectivity index (χ1v) is 5.84. The number of ether oxygens (including phenoxy) is 1. The summed E-state index contributed by atoms with van der Waals surface area (Å²) in [6, 6.07) is 6.84. The van der Waals surface area contributed by atoms with Crippen molar-refractivity contribution in [2.24, 2.45) is 5.10 Å². The van der Waals surface area contributed by atoms with Crippen molar-refractivity contribution >= 4 is 11.6 Å². The summed E-state index contributed by atoms with van der Waals surface area (Å²) in [4.78, 5) is 11.4. The van der Waals surface area contributed by atoms with Gasteiger partial charge in [-0.25, -0.2) is 5.43 Å². The lowest BCUT2D eigenvalue weighted by molar-refractivity contribution is -0.122. The summed E-state index contributed by atoms with van der Waals surface area (Å²) in [5.41, 5.74) is 3.58. The third-order valence-corrected chi connectivity index (χ3v) is 2.32. The van der Waals surface area contributed by atoms with E-state index in [1.165, 1.54) is 0 Å². The summed E-state index contributed by atoms with van der Waals surface area (Å²) < 4.78 is 5.07. The fourth-order valence-corrected chi connectivity index (χ4v) is 1.35. The molecule has 1 amide bonds. The summed E-state index contributed by atoms with van der Waals surface area (Å²) in [7, 11) is 0. The van der Waals surface area contributed by atoms with Gasteiger partial charge in [-0.15, -0.1) is 0 Å². The largest absolute Gasteiger partial charge is 0.507 e. The molecule has 0 saturated carbocycles. The minimum Gasteiger partial charge on any atom is -0.507 e. The van der Waals surface area contributed by atoms with Gasteiger partial charge in [0, 0.05) is 12.2 Å². The van der Waals surface area contributed by atoms with Crippen molar-refractivity contribution in [3.8, 4) is 5.75 Å². The Morgan fingerprint density at radius 3 is 2.83 bits per heavy atom. The first kappa shape index (κ1) is 14.2. The molecule has 1 aromatic carbocycles. The first-order valence-electron chi connectivity index (χ1n) is 5.84. The molecule has 0 saturated heterocycles. The van der Waals surface area contributed by atoms with E-state index in [9.17, 15) is 9.90 Å². The first-order chi connectivity index (χ1) is 8.65. The van der Waals surface area contributed by atoms with E-state index in [1.54, 1.807) is 31.2 Å². The van der Waals surface area contributed by atoms with Gasteiger partial charge in [0.15, 0.2) is 0 Å². The Morgan fingerprint density at radius 1 is 1.44 bits per heavy atom. The zero-order chi connectivity index (χ0) is 13.4. The monoisotopic (exact) mass is 250 g/mol. The third-order valence-electron chi connectivity index (χ3n) is 2.32. The highest BCUT2D eigenvalue weighted by Crippen LogP contribution is 2.15. The summed E-state index contributed by atoms with van der Waals surface area (Å²) in [6.45, 7) is 4.57. The molecule has 0 aliphatic heterocycles. The predicted molar refractivity (Wildman–Crippen MR) is 69.6 cm³/mol. The van der Waals surface area contributed by atoms with E-state index in [2.05, 4.69) is 10.5 Å². The van der Waals surface area contributed by atoms with Gasteiger partial charge in [0.1, 0.15) is 5.75 Å². The molecule has 0 radical (unpaired) electrons. The minimum absolute atomic E-state index is 0.141. The van der Waals surface area contributed by atoms with Gasteiger partial charge in [0.05, 0.1) is 18.7 Å². The molecule has 0 heterocycles. The Balaban J connectivity index is 2.52. The summed E-state index contributed by atoms with van der Waals surface area (Å²) in [5, 5.41) is 13.5. The number of carbonyl (C=O) groups excluding carboxylic acids is 1. The van der Waals surface area contributed by atoms with Crippen molar-refractivity contribution in [3.05, 3.63) is 29.8 Å². The van der Waals surface area contributed by atoms with Crippen LogP contribution < -0.4 is 5.43 Å². The molecule has 1 aromatic rings. The second-order valence-corrected chi connectivity index (χ2v) is 3.70. The van der Waals surface area contributed by atoms with Crippen LogP contribution in [-0.2, 0) is 9.53 Å². The average Bonchev–Trinajstić information content (AvgIpc) is 2.37. The molecule has 18 heavy (non-hydrogen) atoms. The molecule has 1 rings (SSSR count). The van der Waals surface area contributed by atoms with Gasteiger partial charge in [-0.1, -0.05) is 12.1 Å². The fourth-order valence-electron chi connectivity index (χ4n) is 1.35. The number of benzene rings is 1. The van der Waals surface area contributed by atoms with Gasteiger partial charge in [-0.05, 0) is 26.0 Å². The minimum atomic E-state index is -0.210. The molecular weight excluding hydrogens is 232 g/mol. The molecule has 5 nitrogen and oxygen atoms in total. The highest BCUT2D eigenvalue weighted by molar-refractivity contribution is 6.01. The lowest BCUT2D eigenvalue weighted by Crippen LogP contribution is -2.20. The van der Waals surface area contributed by atoms with Crippen molar-refractivity contribution in [2.75, 3.05) is 13.2 Å². The molecule has 0 atom stereocenters. The Bertz CT molecular complexity index is 430. The molecule has 0 bridgehead atoms. The van der Waals surface area contributed by atoms with Crippen LogP contribution in [0.3, 0.4) is 0 Å². The van der Waals surface area contributed by atoms with Crippen LogP contribution in [0, 0.1) is 0 Å². The molecule has 0 spiro atoms. The Hall–Kier alpha value is -1.88. The maximum absolute atomic E-state index is 11.4. The SMILES string of the molecule is CCOCCC(=O)N/N=C(\C)c1ccccc1O. The topological polar surface area (TPSA) is 70.9 Å². The smallest absolute Gasteiger partial charge is 0.242 e. The molecule has 0 aromatic heterocycles. The normalized spacial score (nSPS) is 11.3. The summed E-state index contributed by atoms with van der Waals surface area (Å²) in [5.74, 6) is -0.0689. The van der Waals surface area contributed by atoms with Crippen LogP contribution in [0.15, 0.2) is 29.4 Å². The van der Waals surface area contributed by atoms with Crippen LogP contribution in [0.25, 0.3) is 0 Å². The van der Waals surface area contributed by atoms with Crippen molar-refractivity contribution in [3.63, 3.8) is 0 Å². The molecule has 0 fully saturated rings.